The number of carbonyl (C=O) groups excluding carboxylic acids is 2. The van der Waals surface area contributed by atoms with Crippen LogP contribution in [0.5, 0.6) is 0 Å². The topological polar surface area (TPSA) is 130 Å². The van der Waals surface area contributed by atoms with Crippen molar-refractivity contribution in [2.24, 2.45) is 5.73 Å². The van der Waals surface area contributed by atoms with Crippen LogP contribution in [-0.4, -0.2) is 40.6 Å². The van der Waals surface area contributed by atoms with Gasteiger partial charge < -0.3 is 21.3 Å². The molecule has 0 saturated carbocycles. The second-order valence-electron chi connectivity index (χ2n) is 3.82. The van der Waals surface area contributed by atoms with Crippen LogP contribution in [0.3, 0.4) is 0 Å². The Balaban J connectivity index is 2.76. The predicted molar refractivity (Wildman–Crippen MR) is 65.6 cm³/mol. The Labute approximate surface area is 109 Å². The highest BCUT2D eigenvalue weighted by Crippen LogP contribution is 2.05. The summed E-state index contributed by atoms with van der Waals surface area (Å²) in [7, 11) is 0. The van der Waals surface area contributed by atoms with E-state index >= 15 is 0 Å². The minimum Gasteiger partial charge on any atom is -0.480 e. The van der Waals surface area contributed by atoms with Gasteiger partial charge >= 0.3 is 5.97 Å². The molecule has 0 aromatic heterocycles. The fraction of sp³-hybridized carbons (Fsp3) is 0.250. The number of carboxylic acid groups (broad SMARTS) is 1. The Kier molecular flexibility index (Phi) is 5.01. The predicted octanol–water partition coefficient (Wildman–Crippen LogP) is -0.649. The average Bonchev–Trinajstić information content (AvgIpc) is 2.38. The summed E-state index contributed by atoms with van der Waals surface area (Å²) < 4.78 is 0. The monoisotopic (exact) mass is 266 g/mol. The lowest BCUT2D eigenvalue weighted by atomic mass is 10.1. The molecule has 0 spiro atoms. The summed E-state index contributed by atoms with van der Waals surface area (Å²) in [5.74, 6) is -2.44. The number of hydrogen-bond donors (Lipinski definition) is 4. The molecule has 0 aliphatic heterocycles. The van der Waals surface area contributed by atoms with E-state index in [1.165, 1.54) is 24.3 Å². The number of amides is 2. The number of rotatable bonds is 6. The molecule has 0 saturated heterocycles. The van der Waals surface area contributed by atoms with Crippen LogP contribution in [-0.2, 0) is 4.79 Å². The van der Waals surface area contributed by atoms with Gasteiger partial charge in [-0.05, 0) is 24.3 Å². The van der Waals surface area contributed by atoms with Gasteiger partial charge in [-0.2, -0.15) is 0 Å². The molecule has 5 N–H and O–H groups in total. The highest BCUT2D eigenvalue weighted by atomic mass is 16.4. The molecule has 0 bridgehead atoms. The highest BCUT2D eigenvalue weighted by molar-refractivity contribution is 5.98. The lowest BCUT2D eigenvalue weighted by Gasteiger charge is -2.13. The standard InChI is InChI=1S/C12H14N2O5/c13-10(16)7-1-3-8(4-2-7)11(17)14-9(5-6-15)12(18)19/h1-4,9,15H,5-6H2,(H2,13,16)(H,14,17)(H,18,19)/t9-/m0/s1. The van der Waals surface area contributed by atoms with Crippen LogP contribution < -0.4 is 11.1 Å². The van der Waals surface area contributed by atoms with Gasteiger partial charge in [-0.3, -0.25) is 9.59 Å². The van der Waals surface area contributed by atoms with Crippen molar-refractivity contribution in [3.8, 4) is 0 Å². The minimum absolute atomic E-state index is 0.0829. The zero-order valence-electron chi connectivity index (χ0n) is 10.00. The van der Waals surface area contributed by atoms with Gasteiger partial charge in [0.05, 0.1) is 0 Å². The average molecular weight is 266 g/mol. The molecular formula is C12H14N2O5. The maximum atomic E-state index is 11.7. The van der Waals surface area contributed by atoms with Gasteiger partial charge in [0, 0.05) is 24.2 Å². The maximum Gasteiger partial charge on any atom is 0.326 e. The molecule has 0 fully saturated rings. The van der Waals surface area contributed by atoms with Crippen LogP contribution in [0.25, 0.3) is 0 Å². The van der Waals surface area contributed by atoms with Gasteiger partial charge in [0.25, 0.3) is 5.91 Å². The SMILES string of the molecule is NC(=O)c1ccc(C(=O)N[C@@H](CCO)C(=O)O)cc1. The molecule has 0 unspecified atom stereocenters. The quantitative estimate of drug-likeness (QED) is 0.543. The van der Waals surface area contributed by atoms with E-state index in [1.54, 1.807) is 0 Å². The van der Waals surface area contributed by atoms with Crippen LogP contribution in [0.4, 0.5) is 0 Å². The first-order chi connectivity index (χ1) is 8.95. The van der Waals surface area contributed by atoms with Crippen molar-refractivity contribution < 1.29 is 24.6 Å². The molecule has 1 aromatic rings. The molecule has 102 valence electrons. The highest BCUT2D eigenvalue weighted by Gasteiger charge is 2.19. The van der Waals surface area contributed by atoms with Crippen LogP contribution in [0.1, 0.15) is 27.1 Å². The van der Waals surface area contributed by atoms with Crippen molar-refractivity contribution in [3.63, 3.8) is 0 Å². The number of primary amides is 1. The van der Waals surface area contributed by atoms with Gasteiger partial charge in [-0.15, -0.1) is 0 Å². The van der Waals surface area contributed by atoms with Gasteiger partial charge in [-0.1, -0.05) is 0 Å². The number of carboxylic acids is 1. The Morgan fingerprint density at radius 2 is 1.68 bits per heavy atom. The smallest absolute Gasteiger partial charge is 0.326 e. The molecule has 19 heavy (non-hydrogen) atoms. The zero-order valence-corrected chi connectivity index (χ0v) is 10.00. The van der Waals surface area contributed by atoms with E-state index in [0.717, 1.165) is 0 Å². The number of benzene rings is 1. The zero-order chi connectivity index (χ0) is 14.4. The molecule has 7 heteroatoms. The largest absolute Gasteiger partial charge is 0.480 e. The molecule has 0 aliphatic carbocycles. The molecular weight excluding hydrogens is 252 g/mol. The summed E-state index contributed by atoms with van der Waals surface area (Å²) in [6.07, 6.45) is -0.0829. The van der Waals surface area contributed by atoms with E-state index in [1.807, 2.05) is 0 Å². The van der Waals surface area contributed by atoms with Crippen LogP contribution in [0.2, 0.25) is 0 Å². The van der Waals surface area contributed by atoms with E-state index in [0.29, 0.717) is 0 Å². The third kappa shape index (κ3) is 4.07. The second kappa shape index (κ2) is 6.50. The van der Waals surface area contributed by atoms with Crippen molar-refractivity contribution in [3.05, 3.63) is 35.4 Å². The number of hydrogen-bond acceptors (Lipinski definition) is 4. The summed E-state index contributed by atoms with van der Waals surface area (Å²) >= 11 is 0. The Morgan fingerprint density at radius 3 is 2.11 bits per heavy atom. The van der Waals surface area contributed by atoms with Crippen molar-refractivity contribution in [2.45, 2.75) is 12.5 Å². The summed E-state index contributed by atoms with van der Waals surface area (Å²) in [4.78, 5) is 33.4. The number of aliphatic hydroxyl groups excluding tert-OH is 1. The van der Waals surface area contributed by atoms with E-state index in [-0.39, 0.29) is 24.2 Å². The molecule has 1 atom stereocenters. The Morgan fingerprint density at radius 1 is 1.16 bits per heavy atom. The number of carbonyl (C=O) groups is 3. The minimum atomic E-state index is -1.23. The van der Waals surface area contributed by atoms with Crippen LogP contribution in [0, 0.1) is 0 Å². The van der Waals surface area contributed by atoms with Crippen molar-refractivity contribution >= 4 is 17.8 Å². The lowest BCUT2D eigenvalue weighted by molar-refractivity contribution is -0.139. The third-order valence-electron chi connectivity index (χ3n) is 2.45. The first kappa shape index (κ1) is 14.7. The normalized spacial score (nSPS) is 11.6. The number of aliphatic hydroxyl groups is 1. The van der Waals surface area contributed by atoms with Gasteiger partial charge in [-0.25, -0.2) is 4.79 Å². The first-order valence-electron chi connectivity index (χ1n) is 5.50. The molecule has 0 radical (unpaired) electrons. The van der Waals surface area contributed by atoms with E-state index in [9.17, 15) is 14.4 Å². The molecule has 7 nitrogen and oxygen atoms in total. The third-order valence-corrected chi connectivity index (χ3v) is 2.45. The van der Waals surface area contributed by atoms with Gasteiger partial charge in [0.2, 0.25) is 5.91 Å². The molecule has 0 aliphatic rings. The number of nitrogens with two attached hydrogens (primary N) is 1. The first-order valence-corrected chi connectivity index (χ1v) is 5.50. The van der Waals surface area contributed by atoms with Gasteiger partial charge in [0.15, 0.2) is 0 Å². The van der Waals surface area contributed by atoms with Crippen molar-refractivity contribution in [2.75, 3.05) is 6.61 Å². The summed E-state index contributed by atoms with van der Waals surface area (Å²) in [5, 5.41) is 19.8. The Bertz CT molecular complexity index is 483. The van der Waals surface area contributed by atoms with Gasteiger partial charge in [0.1, 0.15) is 6.04 Å². The van der Waals surface area contributed by atoms with Crippen LogP contribution in [0.15, 0.2) is 24.3 Å². The van der Waals surface area contributed by atoms with E-state index < -0.39 is 23.8 Å². The maximum absolute atomic E-state index is 11.7. The van der Waals surface area contributed by atoms with Crippen molar-refractivity contribution in [1.29, 1.82) is 0 Å². The van der Waals surface area contributed by atoms with Crippen LogP contribution >= 0.6 is 0 Å². The van der Waals surface area contributed by atoms with E-state index in [4.69, 9.17) is 15.9 Å². The van der Waals surface area contributed by atoms with E-state index in [2.05, 4.69) is 5.32 Å². The number of nitrogens with one attached hydrogen (secondary N) is 1. The summed E-state index contributed by atoms with van der Waals surface area (Å²) in [6.45, 7) is -0.349. The molecule has 1 rings (SSSR count). The second-order valence-corrected chi connectivity index (χ2v) is 3.82. The number of aliphatic carboxylic acids is 1. The molecule has 0 heterocycles. The summed E-state index contributed by atoms with van der Waals surface area (Å²) in [5.41, 5.74) is 5.51. The molecule has 1 aromatic carbocycles. The Hall–Kier alpha value is -2.41. The van der Waals surface area contributed by atoms with Crippen molar-refractivity contribution in [1.82, 2.24) is 5.32 Å². The summed E-state index contributed by atoms with van der Waals surface area (Å²) in [6, 6.07) is 4.33. The fourth-order valence-electron chi connectivity index (χ4n) is 1.41. The molecule has 2 amide bonds. The fourth-order valence-corrected chi connectivity index (χ4v) is 1.41. The lowest BCUT2D eigenvalue weighted by Crippen LogP contribution is -2.41.